The minimum atomic E-state index is -1.13. The van der Waals surface area contributed by atoms with Crippen LogP contribution in [0.3, 0.4) is 0 Å². The number of aliphatic hydroxyl groups is 4. The smallest absolute Gasteiger partial charge is 0.412 e. The van der Waals surface area contributed by atoms with Crippen molar-refractivity contribution in [1.29, 1.82) is 32.6 Å². The molecule has 0 saturated carbocycles. The largest absolute Gasteiger partial charge is 2.00 e. The first-order valence-electron chi connectivity index (χ1n) is 36.9. The molecule has 2 aromatic heterocycles. The van der Waals surface area contributed by atoms with Crippen molar-refractivity contribution in [2.75, 3.05) is 26.2 Å². The maximum atomic E-state index is 12.5. The Kier molecular flexibility index (Phi) is 44.3. The summed E-state index contributed by atoms with van der Waals surface area (Å²) in [5.41, 5.74) is 31.2. The summed E-state index contributed by atoms with van der Waals surface area (Å²) in [5.74, 6) is 0. The maximum Gasteiger partial charge on any atom is 2.00 e. The van der Waals surface area contributed by atoms with Gasteiger partial charge in [-0.25, -0.2) is 6.57 Å². The first-order valence-corrected chi connectivity index (χ1v) is 36.9. The van der Waals surface area contributed by atoms with Gasteiger partial charge in [0.05, 0.1) is 22.8 Å². The van der Waals surface area contributed by atoms with Crippen LogP contribution in [0.2, 0.25) is 0 Å². The molecule has 0 bridgehead atoms. The summed E-state index contributed by atoms with van der Waals surface area (Å²) in [4.78, 5) is 54.8. The van der Waals surface area contributed by atoms with Gasteiger partial charge in [0.15, 0.2) is 0 Å². The number of hydrogen-bond donors (Lipinski definition) is 8. The first kappa shape index (κ1) is 100. The van der Waals surface area contributed by atoms with Gasteiger partial charge < -0.3 is 43.0 Å². The summed E-state index contributed by atoms with van der Waals surface area (Å²) in [6.07, 6.45) is 7.75. The molecule has 14 rings (SSSR count). The van der Waals surface area contributed by atoms with Crippen LogP contribution in [-0.2, 0) is 65.1 Å². The van der Waals surface area contributed by atoms with Crippen LogP contribution < -0.4 is 12.3 Å². The van der Waals surface area contributed by atoms with Gasteiger partial charge in [-0.1, -0.05) is 255 Å². The molecule has 3 unspecified atom stereocenters. The molecule has 28 nitrogen and oxygen atoms in total. The Bertz CT molecular complexity index is 3860. The van der Waals surface area contributed by atoms with E-state index in [1.54, 1.807) is 9.82 Å². The normalized spacial score (nSPS) is 16.2. The standard InChI is InChI=1S/2C41H43N3O2.C5H9N.2HN3.2N2.2H3N.Ni.2O2.H2O/c2*45-40(32-16-5-1-6-17-32,33-18-7-2-8-19-33)38-26-14-28-43(38)30-36-24-13-25-37(42-36)31-44-29-15-27-39(44)41(46,34-20-9-3-10-21-34)35-22-11-4-12-23-35;1-5(2,3)6-4;2*1-3-2;2*1-2;;;;2*1-2;/h2*1-13,16-25,38-39,45-46H,14-15,26-31H2;1-3H3;2*1H;;;2*1H3;;;;1H2/q;;;;;;;;;+2;;;/t38-,39?;;;;;;;;;;;;/m1............/s1. The van der Waals surface area contributed by atoms with Gasteiger partial charge in [0.2, 0.25) is 5.54 Å². The van der Waals surface area contributed by atoms with E-state index in [9.17, 15) is 20.4 Å². The third kappa shape index (κ3) is 25.4. The molecule has 116 heavy (non-hydrogen) atoms. The average molecular weight is 1620 g/mol. The topological polar surface area (TPSA) is 509 Å². The average Bonchev–Trinajstić information content (AvgIpc) is 1.52. The zero-order valence-corrected chi connectivity index (χ0v) is 66.5. The minimum absolute atomic E-state index is 0. The first-order chi connectivity index (χ1) is 54.5. The Morgan fingerprint density at radius 3 is 0.621 bits per heavy atom. The van der Waals surface area contributed by atoms with Crippen molar-refractivity contribution in [2.24, 2.45) is 0 Å². The van der Waals surface area contributed by atoms with Crippen molar-refractivity contribution < 1.29 is 42.4 Å². The number of nitrogens with zero attached hydrogens (tertiary/aromatic N) is 15. The van der Waals surface area contributed by atoms with E-state index < -0.39 is 22.4 Å². The van der Waals surface area contributed by atoms with Crippen molar-refractivity contribution in [3.8, 4) is 0 Å². The van der Waals surface area contributed by atoms with Crippen molar-refractivity contribution in [3.63, 3.8) is 0 Å². The third-order valence-corrected chi connectivity index (χ3v) is 20.6. The second kappa shape index (κ2) is 51.2. The van der Waals surface area contributed by atoms with E-state index in [2.05, 4.69) is 60.8 Å². The van der Waals surface area contributed by atoms with Gasteiger partial charge in [0.25, 0.3) is 0 Å². The molecule has 0 amide bonds. The van der Waals surface area contributed by atoms with Crippen molar-refractivity contribution in [3.05, 3.63) is 398 Å². The van der Waals surface area contributed by atoms with E-state index in [0.717, 1.165) is 145 Å². The number of aromatic nitrogens is 2. The van der Waals surface area contributed by atoms with Gasteiger partial charge >= 0.3 is 16.5 Å². The molecule has 8 aromatic carbocycles. The van der Waals surface area contributed by atoms with E-state index in [4.69, 9.17) is 80.1 Å². The molecular weight excluding hydrogens is 1510 g/mol. The summed E-state index contributed by atoms with van der Waals surface area (Å²) < 4.78 is 0. The van der Waals surface area contributed by atoms with Crippen LogP contribution in [0.15, 0.2) is 279 Å². The fourth-order valence-electron chi connectivity index (χ4n) is 15.9. The van der Waals surface area contributed by atoms with Gasteiger partial charge in [-0.3, -0.25) is 29.6 Å². The third-order valence-electron chi connectivity index (χ3n) is 20.6. The number of pyridine rings is 2. The van der Waals surface area contributed by atoms with Crippen molar-refractivity contribution in [2.45, 2.75) is 150 Å². The molecule has 14 N–H and O–H groups in total. The van der Waals surface area contributed by atoms with Crippen molar-refractivity contribution >= 4 is 0 Å². The van der Waals surface area contributed by atoms with E-state index in [0.29, 0.717) is 26.2 Å². The Labute approximate surface area is 688 Å². The fourth-order valence-corrected chi connectivity index (χ4v) is 15.9. The number of benzene rings is 8. The maximum absolute atomic E-state index is 12.5. The Hall–Kier alpha value is -11.7. The summed E-state index contributed by atoms with van der Waals surface area (Å²) in [6.45, 7) is 18.5. The van der Waals surface area contributed by atoms with Crippen LogP contribution in [0.4, 0.5) is 0 Å². The zero-order chi connectivity index (χ0) is 81.4. The zero-order valence-electron chi connectivity index (χ0n) is 65.5. The van der Waals surface area contributed by atoms with Crippen LogP contribution in [0.1, 0.15) is 139 Å². The summed E-state index contributed by atoms with van der Waals surface area (Å²) in [5, 5.41) is 74.2. The van der Waals surface area contributed by atoms with Crippen LogP contribution in [0.5, 0.6) is 0 Å². The quantitative estimate of drug-likeness (QED) is 0.00877. The Balaban J connectivity index is 0.000000625. The van der Waals surface area contributed by atoms with E-state index in [1.165, 1.54) is 0 Å². The van der Waals surface area contributed by atoms with Crippen LogP contribution >= 0.6 is 0 Å². The molecule has 610 valence electrons. The molecule has 29 heteroatoms. The predicted molar refractivity (Wildman–Crippen MR) is 445 cm³/mol. The van der Waals surface area contributed by atoms with Crippen LogP contribution in [-0.4, -0.2) is 111 Å². The molecule has 4 saturated heterocycles. The summed E-state index contributed by atoms with van der Waals surface area (Å²) in [7, 11) is 0. The molecule has 4 aliphatic rings. The van der Waals surface area contributed by atoms with Gasteiger partial charge in [0.1, 0.15) is 22.4 Å². The summed E-state index contributed by atoms with van der Waals surface area (Å²) in [6, 6.07) is 93.2. The second-order valence-corrected chi connectivity index (χ2v) is 28.2. The molecule has 4 fully saturated rings. The Morgan fingerprint density at radius 2 is 0.491 bits per heavy atom. The minimum Gasteiger partial charge on any atom is -0.412 e. The number of nitrogens with one attached hydrogen (secondary N) is 2. The van der Waals surface area contributed by atoms with Gasteiger partial charge in [0, 0.05) is 113 Å². The molecule has 4 aliphatic heterocycles. The Morgan fingerprint density at radius 1 is 0.353 bits per heavy atom. The molecule has 10 aromatic rings. The predicted octanol–water partition coefficient (Wildman–Crippen LogP) is 16.9. The summed E-state index contributed by atoms with van der Waals surface area (Å²) >= 11 is 0. The number of likely N-dealkylation sites (tertiary alicyclic amines) is 4. The van der Waals surface area contributed by atoms with Gasteiger partial charge in [-0.2, -0.15) is 0 Å². The molecular formula is C87H105N19NiO9+2. The van der Waals surface area contributed by atoms with Crippen molar-refractivity contribution in [1.82, 2.24) is 41.9 Å². The van der Waals surface area contributed by atoms with Crippen LogP contribution in [0, 0.1) is 59.1 Å². The number of rotatable bonds is 20. The van der Waals surface area contributed by atoms with Gasteiger partial charge in [-0.05, 0) is 167 Å². The van der Waals surface area contributed by atoms with E-state index >= 15 is 0 Å². The molecule has 0 aliphatic carbocycles. The van der Waals surface area contributed by atoms with E-state index in [-0.39, 0.29) is 64.0 Å². The van der Waals surface area contributed by atoms with E-state index in [1.807, 2.05) is 263 Å². The number of hydrogen-bond acceptors (Lipinski definition) is 22. The molecule has 0 spiro atoms. The monoisotopic (exact) mass is 1620 g/mol. The fraction of sp³-hybridized carbons (Fsp3) is 0.322. The molecule has 6 heterocycles. The molecule has 4 atom stereocenters. The molecule has 0 radical (unpaired) electrons. The van der Waals surface area contributed by atoms with Crippen LogP contribution in [0.25, 0.3) is 25.7 Å². The second-order valence-electron chi connectivity index (χ2n) is 28.2. The van der Waals surface area contributed by atoms with Gasteiger partial charge in [-0.15, -0.1) is 11.1 Å². The SMILES string of the molecule is N.N.N#N.N#N.O.O=O.O=O.OC(c1ccccc1)(c1ccccc1)C1CCCN1Cc1cccc(CN2CCCC2C(O)(c2ccccc2)c2ccccc2)n1.OC(c1ccccc1)(c1ccccc1)C1CCCN1Cc1cccc(CN2CCC[C@@H]2C(O)(c2ccccc2)c2ccccc2)n1.[C-]#[N+]C(C)(C)C.[N-]=[N+]=N.[N-]=[N+]=N.[Ni+2].